The van der Waals surface area contributed by atoms with Gasteiger partial charge < -0.3 is 14.9 Å². The number of esters is 1. The van der Waals surface area contributed by atoms with E-state index in [-0.39, 0.29) is 18.6 Å². The van der Waals surface area contributed by atoms with Crippen LogP contribution in [0.3, 0.4) is 0 Å². The van der Waals surface area contributed by atoms with Gasteiger partial charge in [-0.1, -0.05) is 141 Å². The minimum Gasteiger partial charge on any atom is -0.451 e. The molecule has 2 N–H and O–H groups in total. The van der Waals surface area contributed by atoms with Crippen LogP contribution in [0.15, 0.2) is 24.3 Å². The Kier molecular flexibility index (Phi) is 33.3. The van der Waals surface area contributed by atoms with Gasteiger partial charge >= 0.3 is 5.97 Å². The normalized spacial score (nSPS) is 13.2. The van der Waals surface area contributed by atoms with Crippen LogP contribution in [0, 0.1) is 0 Å². The van der Waals surface area contributed by atoms with E-state index in [1.165, 1.54) is 103 Å². The molecule has 0 aliphatic rings. The number of ketones is 1. The molecule has 0 heterocycles. The molecule has 0 aliphatic heterocycles. The molecule has 0 saturated heterocycles. The monoisotopic (exact) mass is 621 g/mol. The van der Waals surface area contributed by atoms with Crippen LogP contribution in [-0.2, 0) is 14.3 Å². The minimum atomic E-state index is -1.36. The second-order valence-electron chi connectivity index (χ2n) is 12.8. The van der Waals surface area contributed by atoms with Gasteiger partial charge in [0, 0.05) is 12.8 Å². The first-order chi connectivity index (χ1) is 21.6. The van der Waals surface area contributed by atoms with Crippen molar-refractivity contribution in [2.75, 3.05) is 6.61 Å². The molecular formula is C39H72O5. The predicted molar refractivity (Wildman–Crippen MR) is 187 cm³/mol. The summed E-state index contributed by atoms with van der Waals surface area (Å²) in [4.78, 5) is 25.0. The summed E-state index contributed by atoms with van der Waals surface area (Å²) in [7, 11) is 0. The summed E-state index contributed by atoms with van der Waals surface area (Å²) in [6, 6.07) is 0. The van der Waals surface area contributed by atoms with E-state index in [1.54, 1.807) is 0 Å². The Labute approximate surface area is 272 Å². The molecule has 0 saturated carbocycles. The van der Waals surface area contributed by atoms with Crippen molar-refractivity contribution in [3.8, 4) is 0 Å². The van der Waals surface area contributed by atoms with Crippen molar-refractivity contribution in [3.63, 3.8) is 0 Å². The number of Topliss-reactive ketones (excluding diaryl/α,β-unsaturated/α-hetero) is 1. The van der Waals surface area contributed by atoms with Crippen LogP contribution in [-0.4, -0.2) is 40.8 Å². The SMILES string of the molecule is CCCCCCCCC=CCCCCCCCC(=O)OC(C(=O)CCCCCCCC=CCCCCCCCC)C(O)CO. The third-order valence-corrected chi connectivity index (χ3v) is 8.44. The summed E-state index contributed by atoms with van der Waals surface area (Å²) in [6.45, 7) is 3.91. The zero-order valence-electron chi connectivity index (χ0n) is 29.1. The van der Waals surface area contributed by atoms with Crippen molar-refractivity contribution in [2.45, 2.75) is 206 Å². The maximum Gasteiger partial charge on any atom is 0.306 e. The lowest BCUT2D eigenvalue weighted by atomic mass is 10.0. The van der Waals surface area contributed by atoms with E-state index < -0.39 is 24.8 Å². The quantitative estimate of drug-likeness (QED) is 0.0425. The molecule has 5 nitrogen and oxygen atoms in total. The molecule has 44 heavy (non-hydrogen) atoms. The van der Waals surface area contributed by atoms with Crippen molar-refractivity contribution < 1.29 is 24.5 Å². The predicted octanol–water partition coefficient (Wildman–Crippen LogP) is 10.9. The van der Waals surface area contributed by atoms with Gasteiger partial charge in [0.25, 0.3) is 0 Å². The molecule has 0 aliphatic carbocycles. The molecule has 0 fully saturated rings. The van der Waals surface area contributed by atoms with E-state index in [0.717, 1.165) is 57.8 Å². The number of allylic oxidation sites excluding steroid dienone is 4. The van der Waals surface area contributed by atoms with E-state index in [9.17, 15) is 19.8 Å². The summed E-state index contributed by atoms with van der Waals surface area (Å²) in [5.41, 5.74) is 0. The van der Waals surface area contributed by atoms with Crippen molar-refractivity contribution >= 4 is 11.8 Å². The summed E-state index contributed by atoms with van der Waals surface area (Å²) in [6.07, 6.45) is 38.0. The van der Waals surface area contributed by atoms with Crippen LogP contribution in [0.1, 0.15) is 194 Å². The van der Waals surface area contributed by atoms with Gasteiger partial charge in [-0.15, -0.1) is 0 Å². The number of hydrogen-bond acceptors (Lipinski definition) is 5. The molecular weight excluding hydrogens is 548 g/mol. The fourth-order valence-electron chi connectivity index (χ4n) is 5.51. The molecule has 0 aromatic heterocycles. The number of rotatable bonds is 34. The summed E-state index contributed by atoms with van der Waals surface area (Å²) in [5.74, 6) is -0.750. The topological polar surface area (TPSA) is 83.8 Å². The second kappa shape index (κ2) is 34.4. The van der Waals surface area contributed by atoms with Crippen molar-refractivity contribution in [1.29, 1.82) is 0 Å². The first kappa shape index (κ1) is 42.5. The van der Waals surface area contributed by atoms with Crippen molar-refractivity contribution in [2.24, 2.45) is 0 Å². The summed E-state index contributed by atoms with van der Waals surface area (Å²) >= 11 is 0. The maximum absolute atomic E-state index is 12.7. The van der Waals surface area contributed by atoms with Crippen LogP contribution >= 0.6 is 0 Å². The number of unbranched alkanes of at least 4 members (excludes halogenated alkanes) is 22. The molecule has 0 amide bonds. The third-order valence-electron chi connectivity index (χ3n) is 8.44. The number of carbonyl (C=O) groups is 2. The lowest BCUT2D eigenvalue weighted by Crippen LogP contribution is -2.40. The van der Waals surface area contributed by atoms with Gasteiger partial charge in [0.05, 0.1) is 6.61 Å². The largest absolute Gasteiger partial charge is 0.451 e. The second-order valence-corrected chi connectivity index (χ2v) is 12.8. The zero-order valence-corrected chi connectivity index (χ0v) is 29.1. The Morgan fingerprint density at radius 3 is 1.25 bits per heavy atom. The van der Waals surface area contributed by atoms with E-state index in [0.29, 0.717) is 6.42 Å². The highest BCUT2D eigenvalue weighted by Crippen LogP contribution is 2.15. The molecule has 0 aromatic carbocycles. The molecule has 258 valence electrons. The Morgan fingerprint density at radius 2 is 0.864 bits per heavy atom. The fraction of sp³-hybridized carbons (Fsp3) is 0.846. The van der Waals surface area contributed by atoms with Gasteiger partial charge in [0.1, 0.15) is 6.10 Å². The highest BCUT2D eigenvalue weighted by Gasteiger charge is 2.29. The molecule has 0 spiro atoms. The molecule has 2 atom stereocenters. The van der Waals surface area contributed by atoms with E-state index in [1.807, 2.05) is 0 Å². The van der Waals surface area contributed by atoms with E-state index in [4.69, 9.17) is 4.74 Å². The van der Waals surface area contributed by atoms with Gasteiger partial charge in [-0.2, -0.15) is 0 Å². The number of aliphatic hydroxyl groups excluding tert-OH is 2. The highest BCUT2D eigenvalue weighted by atomic mass is 16.6. The lowest BCUT2D eigenvalue weighted by molar-refractivity contribution is -0.163. The lowest BCUT2D eigenvalue weighted by Gasteiger charge is -2.20. The molecule has 2 unspecified atom stereocenters. The van der Waals surface area contributed by atoms with Crippen LogP contribution in [0.2, 0.25) is 0 Å². The number of hydrogen-bond donors (Lipinski definition) is 2. The Balaban J connectivity index is 3.84. The molecule has 0 rings (SSSR count). The Bertz CT molecular complexity index is 686. The fourth-order valence-corrected chi connectivity index (χ4v) is 5.51. The minimum absolute atomic E-state index is 0.244. The van der Waals surface area contributed by atoms with Gasteiger partial charge in [-0.25, -0.2) is 0 Å². The number of aliphatic hydroxyl groups is 2. The van der Waals surface area contributed by atoms with Gasteiger partial charge in [-0.05, 0) is 64.2 Å². The van der Waals surface area contributed by atoms with Gasteiger partial charge in [-0.3, -0.25) is 9.59 Å². The molecule has 0 radical (unpaired) electrons. The Hall–Kier alpha value is -1.46. The smallest absolute Gasteiger partial charge is 0.306 e. The Morgan fingerprint density at radius 1 is 0.523 bits per heavy atom. The third kappa shape index (κ3) is 29.3. The molecule has 0 aromatic rings. The van der Waals surface area contributed by atoms with Crippen LogP contribution < -0.4 is 0 Å². The zero-order chi connectivity index (χ0) is 32.4. The average molecular weight is 621 g/mol. The summed E-state index contributed by atoms with van der Waals surface area (Å²) in [5, 5.41) is 19.5. The number of ether oxygens (including phenoxy) is 1. The van der Waals surface area contributed by atoms with Crippen molar-refractivity contribution in [3.05, 3.63) is 24.3 Å². The first-order valence-electron chi connectivity index (χ1n) is 18.9. The first-order valence-corrected chi connectivity index (χ1v) is 18.9. The van der Waals surface area contributed by atoms with Crippen LogP contribution in [0.25, 0.3) is 0 Å². The maximum atomic E-state index is 12.7. The van der Waals surface area contributed by atoms with Crippen LogP contribution in [0.4, 0.5) is 0 Å². The average Bonchev–Trinajstić information content (AvgIpc) is 3.03. The van der Waals surface area contributed by atoms with Gasteiger partial charge in [0.15, 0.2) is 11.9 Å². The standard InChI is InChI=1S/C39H72O5/c1-3-5-7-9-11-13-15-17-19-21-23-25-27-29-31-33-36(41)39(37(42)35-40)44-38(43)34-32-30-28-26-24-22-20-18-16-14-12-10-8-6-4-2/h17-20,37,39-40,42H,3-16,21-35H2,1-2H3. The van der Waals surface area contributed by atoms with Crippen molar-refractivity contribution in [1.82, 2.24) is 0 Å². The van der Waals surface area contributed by atoms with E-state index in [2.05, 4.69) is 38.2 Å². The van der Waals surface area contributed by atoms with Crippen LogP contribution in [0.5, 0.6) is 0 Å². The molecule has 5 heteroatoms. The molecule has 0 bridgehead atoms. The highest BCUT2D eigenvalue weighted by molar-refractivity contribution is 5.86. The summed E-state index contributed by atoms with van der Waals surface area (Å²) < 4.78 is 5.34. The number of carbonyl (C=O) groups excluding carboxylic acids is 2. The van der Waals surface area contributed by atoms with Gasteiger partial charge in [0.2, 0.25) is 0 Å². The van der Waals surface area contributed by atoms with E-state index >= 15 is 0 Å².